The molecule has 8 heteroatoms. The molecule has 0 bridgehead atoms. The summed E-state index contributed by atoms with van der Waals surface area (Å²) in [7, 11) is 0. The van der Waals surface area contributed by atoms with Crippen LogP contribution in [0.1, 0.15) is 45.7 Å². The van der Waals surface area contributed by atoms with Gasteiger partial charge in [-0.25, -0.2) is 0 Å². The number of nitrogens with one attached hydrogen (secondary N) is 2. The van der Waals surface area contributed by atoms with Crippen LogP contribution in [0.5, 0.6) is 0 Å². The van der Waals surface area contributed by atoms with Crippen LogP contribution < -0.4 is 11.1 Å². The fourth-order valence-corrected chi connectivity index (χ4v) is 2.48. The van der Waals surface area contributed by atoms with Crippen molar-refractivity contribution in [1.82, 2.24) is 9.78 Å². The Morgan fingerprint density at radius 2 is 2.31 bits per heavy atom. The highest BCUT2D eigenvalue weighted by atomic mass is 16.7. The normalized spacial score (nSPS) is 18.8. The molecule has 26 heavy (non-hydrogen) atoms. The van der Waals surface area contributed by atoms with Crippen molar-refractivity contribution in [3.63, 3.8) is 0 Å². The Balaban J connectivity index is 1.92. The van der Waals surface area contributed by atoms with Gasteiger partial charge in [0.1, 0.15) is 11.5 Å². The second kappa shape index (κ2) is 9.16. The number of allylic oxidation sites excluding steroid dienone is 1. The van der Waals surface area contributed by atoms with Gasteiger partial charge in [-0.3, -0.25) is 4.68 Å². The molecule has 146 valence electrons. The van der Waals surface area contributed by atoms with E-state index in [2.05, 4.69) is 10.4 Å². The van der Waals surface area contributed by atoms with E-state index in [0.717, 1.165) is 25.9 Å². The quantitative estimate of drug-likeness (QED) is 0.525. The van der Waals surface area contributed by atoms with Gasteiger partial charge in [-0.05, 0) is 25.3 Å². The van der Waals surface area contributed by atoms with Gasteiger partial charge >= 0.3 is 0 Å². The third kappa shape index (κ3) is 6.12. The number of nitrogens with zero attached hydrogens (tertiary/aromatic N) is 2. The first kappa shape index (κ1) is 20.4. The Hall–Kier alpha value is -1.90. The summed E-state index contributed by atoms with van der Waals surface area (Å²) in [5, 5.41) is 24.9. The summed E-state index contributed by atoms with van der Waals surface area (Å²) in [4.78, 5) is 0. The van der Waals surface area contributed by atoms with Gasteiger partial charge < -0.3 is 31.0 Å². The van der Waals surface area contributed by atoms with Crippen LogP contribution in [0.25, 0.3) is 0 Å². The van der Waals surface area contributed by atoms with Crippen molar-refractivity contribution in [2.24, 2.45) is 11.1 Å². The van der Waals surface area contributed by atoms with Gasteiger partial charge in [-0.15, -0.1) is 0 Å². The van der Waals surface area contributed by atoms with Crippen molar-refractivity contribution in [3.8, 4) is 0 Å². The number of nitrogens with two attached hydrogens (primary N) is 1. The molecule has 2 rings (SSSR count). The smallest absolute Gasteiger partial charge is 0.157 e. The van der Waals surface area contributed by atoms with Crippen LogP contribution in [0.2, 0.25) is 0 Å². The highest BCUT2D eigenvalue weighted by molar-refractivity contribution is 5.97. The van der Waals surface area contributed by atoms with Crippen LogP contribution in [-0.4, -0.2) is 40.1 Å². The summed E-state index contributed by atoms with van der Waals surface area (Å²) < 4.78 is 13.0. The van der Waals surface area contributed by atoms with Gasteiger partial charge in [0.2, 0.25) is 0 Å². The topological polar surface area (TPSA) is 118 Å². The summed E-state index contributed by atoms with van der Waals surface area (Å²) in [5.41, 5.74) is 7.24. The third-order valence-corrected chi connectivity index (χ3v) is 4.14. The fourth-order valence-electron chi connectivity index (χ4n) is 2.48. The van der Waals surface area contributed by atoms with Crippen molar-refractivity contribution in [2.75, 3.05) is 18.5 Å². The van der Waals surface area contributed by atoms with Crippen molar-refractivity contribution in [2.45, 2.75) is 59.5 Å². The number of hydrogen-bond acceptors (Lipinski definition) is 7. The second-order valence-electron chi connectivity index (χ2n) is 7.47. The van der Waals surface area contributed by atoms with Crippen molar-refractivity contribution in [3.05, 3.63) is 23.8 Å². The highest BCUT2D eigenvalue weighted by Gasteiger charge is 2.17. The molecule has 1 fully saturated rings. The molecule has 1 aromatic heterocycles. The number of rotatable bonds is 8. The third-order valence-electron chi connectivity index (χ3n) is 4.14. The molecule has 8 nitrogen and oxygen atoms in total. The van der Waals surface area contributed by atoms with Crippen molar-refractivity contribution >= 4 is 11.4 Å². The number of aliphatic hydroxyl groups excluding tert-OH is 1. The van der Waals surface area contributed by atoms with Gasteiger partial charge in [-0.1, -0.05) is 20.8 Å². The maximum Gasteiger partial charge on any atom is 0.157 e. The molecule has 0 radical (unpaired) electrons. The Bertz CT molecular complexity index is 627. The highest BCUT2D eigenvalue weighted by Crippen LogP contribution is 2.19. The summed E-state index contributed by atoms with van der Waals surface area (Å²) in [5.74, 6) is 0.339. The van der Waals surface area contributed by atoms with Crippen LogP contribution in [0.15, 0.2) is 18.1 Å². The Labute approximate surface area is 154 Å². The van der Waals surface area contributed by atoms with Crippen LogP contribution in [-0.2, 0) is 22.6 Å². The maximum absolute atomic E-state index is 9.52. The first-order valence-corrected chi connectivity index (χ1v) is 9.03. The summed E-state index contributed by atoms with van der Waals surface area (Å²) in [6.45, 7) is 7.44. The minimum absolute atomic E-state index is 0.129. The molecule has 1 saturated heterocycles. The van der Waals surface area contributed by atoms with Crippen molar-refractivity contribution < 1.29 is 14.6 Å². The lowest BCUT2D eigenvalue weighted by Gasteiger charge is -2.22. The largest absolute Gasteiger partial charge is 0.390 e. The summed E-state index contributed by atoms with van der Waals surface area (Å²) >= 11 is 0. The Morgan fingerprint density at radius 3 is 2.92 bits per heavy atom. The molecule has 1 atom stereocenters. The van der Waals surface area contributed by atoms with Crippen molar-refractivity contribution in [1.29, 1.82) is 5.41 Å². The average molecular weight is 365 g/mol. The molecule has 0 aliphatic carbocycles. The molecule has 0 aromatic carbocycles. The average Bonchev–Trinajstić information content (AvgIpc) is 2.96. The van der Waals surface area contributed by atoms with E-state index in [1.54, 1.807) is 17.0 Å². The first-order chi connectivity index (χ1) is 12.3. The van der Waals surface area contributed by atoms with E-state index in [9.17, 15) is 5.11 Å². The van der Waals surface area contributed by atoms with Gasteiger partial charge in [0, 0.05) is 23.9 Å². The predicted octanol–water partition coefficient (Wildman–Crippen LogP) is 2.20. The lowest BCUT2D eigenvalue weighted by Crippen LogP contribution is -2.24. The summed E-state index contributed by atoms with van der Waals surface area (Å²) in [6, 6.07) is 0. The predicted molar refractivity (Wildman–Crippen MR) is 101 cm³/mol. The van der Waals surface area contributed by atoms with E-state index < -0.39 is 0 Å². The lowest BCUT2D eigenvalue weighted by molar-refractivity contribution is -0.163. The van der Waals surface area contributed by atoms with Gasteiger partial charge in [-0.2, -0.15) is 5.10 Å². The molecule has 0 spiro atoms. The van der Waals surface area contributed by atoms with Crippen LogP contribution in [0, 0.1) is 10.8 Å². The molecule has 1 aromatic rings. The maximum atomic E-state index is 9.52. The Morgan fingerprint density at radius 1 is 1.54 bits per heavy atom. The van der Waals surface area contributed by atoms with E-state index in [1.807, 2.05) is 20.8 Å². The molecular formula is C18H31N5O3. The SMILES string of the molecule is CC(C)(C)C(=N)/C=C(/N)Nc1cn(CCOC2CCCCO2)nc1CO. The van der Waals surface area contributed by atoms with E-state index in [1.165, 1.54) is 0 Å². The van der Waals surface area contributed by atoms with Crippen LogP contribution in [0.4, 0.5) is 5.69 Å². The minimum atomic E-state index is -0.283. The first-order valence-electron chi connectivity index (χ1n) is 9.03. The molecule has 0 amide bonds. The monoisotopic (exact) mass is 365 g/mol. The van der Waals surface area contributed by atoms with Gasteiger partial charge in [0.15, 0.2) is 6.29 Å². The number of aromatic nitrogens is 2. The molecular weight excluding hydrogens is 334 g/mol. The van der Waals surface area contributed by atoms with E-state index in [4.69, 9.17) is 20.6 Å². The minimum Gasteiger partial charge on any atom is -0.390 e. The Kier molecular flexibility index (Phi) is 7.19. The zero-order valence-corrected chi connectivity index (χ0v) is 15.9. The van der Waals surface area contributed by atoms with E-state index >= 15 is 0 Å². The zero-order chi connectivity index (χ0) is 19.2. The number of aliphatic hydroxyl groups is 1. The molecule has 2 heterocycles. The molecule has 1 aliphatic rings. The molecule has 1 aliphatic heterocycles. The number of hydrogen-bond donors (Lipinski definition) is 4. The summed E-state index contributed by atoms with van der Waals surface area (Å²) in [6.07, 6.45) is 6.38. The second-order valence-corrected chi connectivity index (χ2v) is 7.47. The van der Waals surface area contributed by atoms with E-state index in [0.29, 0.717) is 36.1 Å². The zero-order valence-electron chi connectivity index (χ0n) is 15.9. The fraction of sp³-hybridized carbons (Fsp3) is 0.667. The van der Waals surface area contributed by atoms with Crippen LogP contribution >= 0.6 is 0 Å². The standard InChI is InChI=1S/C18H31N5O3/c1-18(2,3)15(19)10-16(20)21-13-11-23(22-14(13)12-24)7-9-26-17-6-4-5-8-25-17/h10-11,17,19,21,24H,4-9,12,20H2,1-3H3/b16-10-,19-15?. The van der Waals surface area contributed by atoms with E-state index in [-0.39, 0.29) is 18.3 Å². The number of ether oxygens (including phenoxy) is 2. The van der Waals surface area contributed by atoms with Gasteiger partial charge in [0.05, 0.1) is 25.4 Å². The molecule has 5 N–H and O–H groups in total. The molecule has 1 unspecified atom stereocenters. The number of anilines is 1. The lowest BCUT2D eigenvalue weighted by atomic mass is 9.90. The molecule has 0 saturated carbocycles. The van der Waals surface area contributed by atoms with Crippen LogP contribution in [0.3, 0.4) is 0 Å². The van der Waals surface area contributed by atoms with Gasteiger partial charge in [0.25, 0.3) is 0 Å².